The Hall–Kier alpha value is -3.67. The number of aliphatic carboxylic acids is 2. The number of nitrogens with two attached hydrogens (primary N) is 1. The molecule has 1 rings (SSSR count). The topological polar surface area (TPSA) is 208 Å². The normalized spacial score (nSPS) is 13.4. The largest absolute Gasteiger partial charge is 0.508 e. The molecule has 0 saturated heterocycles. The van der Waals surface area contributed by atoms with Crippen molar-refractivity contribution >= 4 is 29.7 Å². The number of carboxylic acids is 2. The summed E-state index contributed by atoms with van der Waals surface area (Å²) in [5.74, 6) is -4.71. The summed E-state index contributed by atoms with van der Waals surface area (Å²) in [4.78, 5) is 58.0. The number of carbonyl (C=O) groups excluding carboxylic acids is 3. The molecule has 0 spiro atoms. The molecule has 0 unspecified atom stereocenters. The SMILES string of the molecule is C[C@H](NC(=O)[C@@H](N)Cc1ccc(O)cc1)C(=O)N[C@@H](CCC(=O)O)C(=O)NCC(=O)O. The minimum absolute atomic E-state index is 0.0666. The number of carbonyl (C=O) groups is 5. The van der Waals surface area contributed by atoms with E-state index < -0.39 is 60.8 Å². The molecule has 12 heteroatoms. The number of aromatic hydroxyl groups is 1. The Morgan fingerprint density at radius 1 is 0.935 bits per heavy atom. The van der Waals surface area contributed by atoms with E-state index in [9.17, 15) is 29.1 Å². The molecule has 0 aliphatic carbocycles. The lowest BCUT2D eigenvalue weighted by atomic mass is 10.1. The second kappa shape index (κ2) is 12.1. The molecule has 1 aromatic carbocycles. The van der Waals surface area contributed by atoms with Crippen molar-refractivity contribution in [1.82, 2.24) is 16.0 Å². The Labute approximate surface area is 177 Å². The average molecular weight is 438 g/mol. The van der Waals surface area contributed by atoms with Gasteiger partial charge < -0.3 is 37.0 Å². The van der Waals surface area contributed by atoms with Gasteiger partial charge in [0, 0.05) is 6.42 Å². The van der Waals surface area contributed by atoms with E-state index >= 15 is 0 Å². The van der Waals surface area contributed by atoms with Crippen LogP contribution < -0.4 is 21.7 Å². The molecule has 31 heavy (non-hydrogen) atoms. The molecule has 0 saturated carbocycles. The molecule has 3 atom stereocenters. The molecular formula is C19H26N4O8. The van der Waals surface area contributed by atoms with Crippen LogP contribution in [0.15, 0.2) is 24.3 Å². The van der Waals surface area contributed by atoms with Crippen LogP contribution in [0.5, 0.6) is 5.75 Å². The lowest BCUT2D eigenvalue weighted by Crippen LogP contribution is -2.55. The van der Waals surface area contributed by atoms with E-state index in [2.05, 4.69) is 16.0 Å². The molecule has 1 aromatic rings. The number of carboxylic acid groups (broad SMARTS) is 2. The Bertz CT molecular complexity index is 812. The van der Waals surface area contributed by atoms with Crippen LogP contribution >= 0.6 is 0 Å². The highest BCUT2D eigenvalue weighted by Gasteiger charge is 2.26. The van der Waals surface area contributed by atoms with E-state index in [1.165, 1.54) is 19.1 Å². The van der Waals surface area contributed by atoms with E-state index in [0.717, 1.165) is 0 Å². The maximum Gasteiger partial charge on any atom is 0.322 e. The van der Waals surface area contributed by atoms with E-state index in [1.807, 2.05) is 0 Å². The molecule has 3 amide bonds. The maximum atomic E-state index is 12.4. The summed E-state index contributed by atoms with van der Waals surface area (Å²) < 4.78 is 0. The number of benzene rings is 1. The van der Waals surface area contributed by atoms with E-state index in [-0.39, 0.29) is 18.6 Å². The number of phenols is 1. The van der Waals surface area contributed by atoms with Crippen molar-refractivity contribution in [3.63, 3.8) is 0 Å². The first-order valence-corrected chi connectivity index (χ1v) is 9.35. The average Bonchev–Trinajstić information content (AvgIpc) is 2.70. The van der Waals surface area contributed by atoms with Gasteiger partial charge in [0.25, 0.3) is 0 Å². The molecule has 0 fully saturated rings. The van der Waals surface area contributed by atoms with Gasteiger partial charge in [-0.25, -0.2) is 0 Å². The predicted molar refractivity (Wildman–Crippen MR) is 107 cm³/mol. The monoisotopic (exact) mass is 438 g/mol. The summed E-state index contributed by atoms with van der Waals surface area (Å²) in [6.07, 6.45) is -0.559. The van der Waals surface area contributed by atoms with Gasteiger partial charge in [0.1, 0.15) is 24.4 Å². The zero-order chi connectivity index (χ0) is 23.6. The summed E-state index contributed by atoms with van der Waals surface area (Å²) in [5.41, 5.74) is 6.54. The van der Waals surface area contributed by atoms with Crippen molar-refractivity contribution in [1.29, 1.82) is 0 Å². The van der Waals surface area contributed by atoms with Crippen LogP contribution in [0.4, 0.5) is 0 Å². The summed E-state index contributed by atoms with van der Waals surface area (Å²) >= 11 is 0. The summed E-state index contributed by atoms with van der Waals surface area (Å²) in [6.45, 7) is 0.653. The molecule has 0 bridgehead atoms. The molecule has 0 heterocycles. The van der Waals surface area contributed by atoms with Gasteiger partial charge in [-0.3, -0.25) is 24.0 Å². The van der Waals surface area contributed by atoms with Crippen molar-refractivity contribution in [2.75, 3.05) is 6.54 Å². The van der Waals surface area contributed by atoms with Crippen LogP contribution in [-0.4, -0.2) is 69.7 Å². The number of amides is 3. The Morgan fingerprint density at radius 2 is 1.55 bits per heavy atom. The van der Waals surface area contributed by atoms with Gasteiger partial charge in [0.05, 0.1) is 6.04 Å². The molecular weight excluding hydrogens is 412 g/mol. The van der Waals surface area contributed by atoms with Gasteiger partial charge in [-0.1, -0.05) is 12.1 Å². The van der Waals surface area contributed by atoms with Crippen molar-refractivity contribution < 1.29 is 39.3 Å². The summed E-state index contributed by atoms with van der Waals surface area (Å²) in [5, 5.41) is 33.5. The van der Waals surface area contributed by atoms with E-state index in [4.69, 9.17) is 15.9 Å². The highest BCUT2D eigenvalue weighted by molar-refractivity contribution is 5.93. The third kappa shape index (κ3) is 9.58. The highest BCUT2D eigenvalue weighted by atomic mass is 16.4. The maximum absolute atomic E-state index is 12.4. The van der Waals surface area contributed by atoms with E-state index in [0.29, 0.717) is 5.56 Å². The fourth-order valence-electron chi connectivity index (χ4n) is 2.48. The second-order valence-corrected chi connectivity index (χ2v) is 6.81. The zero-order valence-electron chi connectivity index (χ0n) is 16.8. The third-order valence-corrected chi connectivity index (χ3v) is 4.17. The van der Waals surface area contributed by atoms with Gasteiger partial charge in [-0.2, -0.15) is 0 Å². The molecule has 8 N–H and O–H groups in total. The molecule has 0 aromatic heterocycles. The lowest BCUT2D eigenvalue weighted by Gasteiger charge is -2.21. The van der Waals surface area contributed by atoms with Crippen molar-refractivity contribution in [2.24, 2.45) is 5.73 Å². The Morgan fingerprint density at radius 3 is 2.10 bits per heavy atom. The van der Waals surface area contributed by atoms with Gasteiger partial charge in [-0.15, -0.1) is 0 Å². The summed E-state index contributed by atoms with van der Waals surface area (Å²) in [6, 6.07) is 2.71. The van der Waals surface area contributed by atoms with Crippen LogP contribution in [0.25, 0.3) is 0 Å². The Kier molecular flexibility index (Phi) is 9.92. The van der Waals surface area contributed by atoms with Gasteiger partial charge in [0.15, 0.2) is 0 Å². The van der Waals surface area contributed by atoms with E-state index in [1.54, 1.807) is 12.1 Å². The standard InChI is InChI=1S/C19H26N4O8/c1-10(22-18(30)13(20)8-11-2-4-12(24)5-3-11)17(29)23-14(6-7-15(25)26)19(31)21-9-16(27)28/h2-5,10,13-14,24H,6-9,20H2,1H3,(H,21,31)(H,22,30)(H,23,29)(H,25,26)(H,27,28)/t10-,13-,14-/m0/s1. The second-order valence-electron chi connectivity index (χ2n) is 6.81. The Balaban J connectivity index is 2.66. The first kappa shape index (κ1) is 25.4. The molecule has 12 nitrogen and oxygen atoms in total. The number of hydrogen-bond donors (Lipinski definition) is 7. The van der Waals surface area contributed by atoms with Gasteiger partial charge in [0.2, 0.25) is 17.7 Å². The first-order chi connectivity index (χ1) is 14.5. The molecule has 0 aliphatic rings. The summed E-state index contributed by atoms with van der Waals surface area (Å²) in [7, 11) is 0. The fraction of sp³-hybridized carbons (Fsp3) is 0.421. The number of nitrogens with one attached hydrogen (secondary N) is 3. The minimum atomic E-state index is -1.31. The minimum Gasteiger partial charge on any atom is -0.508 e. The van der Waals surface area contributed by atoms with Gasteiger partial charge in [-0.05, 0) is 37.5 Å². The van der Waals surface area contributed by atoms with Crippen LogP contribution in [0.1, 0.15) is 25.3 Å². The lowest BCUT2D eigenvalue weighted by molar-refractivity contribution is -0.140. The van der Waals surface area contributed by atoms with Crippen LogP contribution in [0, 0.1) is 0 Å². The van der Waals surface area contributed by atoms with Crippen LogP contribution in [0.2, 0.25) is 0 Å². The van der Waals surface area contributed by atoms with Crippen LogP contribution in [-0.2, 0) is 30.4 Å². The molecule has 170 valence electrons. The quantitative estimate of drug-likeness (QED) is 0.198. The third-order valence-electron chi connectivity index (χ3n) is 4.17. The molecule has 0 radical (unpaired) electrons. The van der Waals surface area contributed by atoms with Crippen LogP contribution in [0.3, 0.4) is 0 Å². The number of hydrogen-bond acceptors (Lipinski definition) is 7. The highest BCUT2D eigenvalue weighted by Crippen LogP contribution is 2.11. The zero-order valence-corrected chi connectivity index (χ0v) is 16.8. The fourth-order valence-corrected chi connectivity index (χ4v) is 2.48. The van der Waals surface area contributed by atoms with Crippen molar-refractivity contribution in [3.8, 4) is 5.75 Å². The van der Waals surface area contributed by atoms with Crippen molar-refractivity contribution in [3.05, 3.63) is 29.8 Å². The smallest absolute Gasteiger partial charge is 0.322 e. The van der Waals surface area contributed by atoms with Crippen molar-refractivity contribution in [2.45, 2.75) is 44.3 Å². The number of rotatable bonds is 12. The van der Waals surface area contributed by atoms with Gasteiger partial charge >= 0.3 is 11.9 Å². The first-order valence-electron chi connectivity index (χ1n) is 9.35. The molecule has 0 aliphatic heterocycles. The number of phenolic OH excluding ortho intramolecular Hbond substituents is 1. The predicted octanol–water partition coefficient (Wildman–Crippen LogP) is -1.68.